The highest BCUT2D eigenvalue weighted by Crippen LogP contribution is 2.34. The third-order valence-electron chi connectivity index (χ3n) is 4.27. The van der Waals surface area contributed by atoms with E-state index in [0.717, 1.165) is 55.4 Å². The van der Waals surface area contributed by atoms with Crippen molar-refractivity contribution in [2.75, 3.05) is 24.6 Å². The molecule has 0 unspecified atom stereocenters. The van der Waals surface area contributed by atoms with Crippen molar-refractivity contribution in [1.82, 2.24) is 19.9 Å². The van der Waals surface area contributed by atoms with E-state index in [9.17, 15) is 0 Å². The monoisotopic (exact) mass is 297 g/mol. The molecule has 0 amide bonds. The van der Waals surface area contributed by atoms with Gasteiger partial charge in [-0.15, -0.1) is 0 Å². The van der Waals surface area contributed by atoms with Crippen molar-refractivity contribution in [1.29, 1.82) is 0 Å². The zero-order valence-electron chi connectivity index (χ0n) is 12.5. The summed E-state index contributed by atoms with van der Waals surface area (Å²) in [5, 5.41) is 0. The Balaban J connectivity index is 1.76. The molecule has 4 heterocycles. The molecule has 2 fully saturated rings. The average molecular weight is 297 g/mol. The first kappa shape index (κ1) is 13.6. The third-order valence-corrected chi connectivity index (χ3v) is 4.27. The minimum Gasteiger partial charge on any atom is -0.372 e. The maximum atomic E-state index is 5.86. The maximum Gasteiger partial charge on any atom is 0.225 e. The van der Waals surface area contributed by atoms with Crippen LogP contribution in [-0.2, 0) is 4.74 Å². The van der Waals surface area contributed by atoms with Crippen LogP contribution in [0.3, 0.4) is 0 Å². The molecule has 6 heteroatoms. The van der Waals surface area contributed by atoms with E-state index in [1.807, 2.05) is 6.20 Å². The minimum atomic E-state index is 0.0429. The highest BCUT2D eigenvalue weighted by atomic mass is 16.5. The smallest absolute Gasteiger partial charge is 0.225 e. The first-order chi connectivity index (χ1) is 10.9. The van der Waals surface area contributed by atoms with Crippen LogP contribution >= 0.6 is 0 Å². The lowest BCUT2D eigenvalue weighted by Gasteiger charge is -2.19. The fourth-order valence-corrected chi connectivity index (χ4v) is 3.13. The van der Waals surface area contributed by atoms with E-state index in [2.05, 4.69) is 19.9 Å². The molecule has 1 atom stereocenters. The van der Waals surface area contributed by atoms with Gasteiger partial charge in [0.05, 0.1) is 17.6 Å². The van der Waals surface area contributed by atoms with Gasteiger partial charge in [0.25, 0.3) is 0 Å². The highest BCUT2D eigenvalue weighted by molar-refractivity contribution is 5.61. The Morgan fingerprint density at radius 1 is 1.05 bits per heavy atom. The second kappa shape index (κ2) is 5.96. The number of nitrogens with zero attached hydrogens (tertiary/aromatic N) is 5. The quantitative estimate of drug-likeness (QED) is 0.866. The lowest BCUT2D eigenvalue weighted by atomic mass is 10.1. The summed E-state index contributed by atoms with van der Waals surface area (Å²) in [7, 11) is 0. The fourth-order valence-electron chi connectivity index (χ4n) is 3.13. The molecule has 0 aromatic carbocycles. The van der Waals surface area contributed by atoms with Crippen LogP contribution in [0.25, 0.3) is 11.3 Å². The zero-order chi connectivity index (χ0) is 14.8. The summed E-state index contributed by atoms with van der Waals surface area (Å²) in [5.74, 6) is 0.815. The summed E-state index contributed by atoms with van der Waals surface area (Å²) in [6, 6.07) is 0. The van der Waals surface area contributed by atoms with Gasteiger partial charge in [-0.2, -0.15) is 0 Å². The van der Waals surface area contributed by atoms with Gasteiger partial charge in [0, 0.05) is 43.9 Å². The van der Waals surface area contributed by atoms with Crippen LogP contribution in [0, 0.1) is 0 Å². The van der Waals surface area contributed by atoms with Crippen molar-refractivity contribution < 1.29 is 4.74 Å². The van der Waals surface area contributed by atoms with E-state index < -0.39 is 0 Å². The van der Waals surface area contributed by atoms with Crippen molar-refractivity contribution >= 4 is 5.95 Å². The Morgan fingerprint density at radius 3 is 2.68 bits per heavy atom. The molecule has 2 aromatic heterocycles. The number of anilines is 1. The molecule has 2 saturated heterocycles. The van der Waals surface area contributed by atoms with Gasteiger partial charge in [0.2, 0.25) is 5.95 Å². The lowest BCUT2D eigenvalue weighted by Crippen LogP contribution is -2.21. The van der Waals surface area contributed by atoms with Gasteiger partial charge in [-0.3, -0.25) is 9.97 Å². The van der Waals surface area contributed by atoms with E-state index in [1.54, 1.807) is 18.6 Å². The van der Waals surface area contributed by atoms with E-state index in [0.29, 0.717) is 0 Å². The molecule has 4 rings (SSSR count). The predicted molar refractivity (Wildman–Crippen MR) is 82.4 cm³/mol. The van der Waals surface area contributed by atoms with Crippen LogP contribution in [0.1, 0.15) is 37.5 Å². The molecule has 0 radical (unpaired) electrons. The number of ether oxygens (including phenoxy) is 1. The predicted octanol–water partition coefficient (Wildman–Crippen LogP) is 2.39. The van der Waals surface area contributed by atoms with Crippen LogP contribution in [0.15, 0.2) is 24.8 Å². The van der Waals surface area contributed by atoms with E-state index in [-0.39, 0.29) is 6.10 Å². The Hall–Kier alpha value is -2.08. The first-order valence-electron chi connectivity index (χ1n) is 7.92. The summed E-state index contributed by atoms with van der Waals surface area (Å²) in [5.41, 5.74) is 2.69. The van der Waals surface area contributed by atoms with Crippen LogP contribution in [-0.4, -0.2) is 39.6 Å². The first-order valence-corrected chi connectivity index (χ1v) is 7.92. The van der Waals surface area contributed by atoms with Gasteiger partial charge < -0.3 is 9.64 Å². The molecule has 0 spiro atoms. The Bertz CT molecular complexity index is 636. The van der Waals surface area contributed by atoms with Gasteiger partial charge in [0.1, 0.15) is 6.10 Å². The molecular formula is C16H19N5O. The van der Waals surface area contributed by atoms with Crippen LogP contribution in [0.2, 0.25) is 0 Å². The highest BCUT2D eigenvalue weighted by Gasteiger charge is 2.26. The van der Waals surface area contributed by atoms with Crippen LogP contribution in [0.4, 0.5) is 5.95 Å². The van der Waals surface area contributed by atoms with E-state index >= 15 is 0 Å². The number of hydrogen-bond acceptors (Lipinski definition) is 6. The number of rotatable bonds is 3. The zero-order valence-corrected chi connectivity index (χ0v) is 12.5. The van der Waals surface area contributed by atoms with Gasteiger partial charge in [-0.05, 0) is 25.7 Å². The van der Waals surface area contributed by atoms with Crippen molar-refractivity contribution in [2.24, 2.45) is 0 Å². The van der Waals surface area contributed by atoms with Gasteiger partial charge >= 0.3 is 0 Å². The molecular weight excluding hydrogens is 278 g/mol. The molecule has 0 N–H and O–H groups in total. The largest absolute Gasteiger partial charge is 0.372 e. The maximum absolute atomic E-state index is 5.86. The minimum absolute atomic E-state index is 0.0429. The Labute approximate surface area is 129 Å². The van der Waals surface area contributed by atoms with Crippen molar-refractivity contribution in [3.63, 3.8) is 0 Å². The molecule has 22 heavy (non-hydrogen) atoms. The summed E-state index contributed by atoms with van der Waals surface area (Å²) >= 11 is 0. The topological polar surface area (TPSA) is 64.0 Å². The van der Waals surface area contributed by atoms with Crippen LogP contribution < -0.4 is 4.90 Å². The van der Waals surface area contributed by atoms with E-state index in [1.165, 1.54) is 12.8 Å². The number of aromatic nitrogens is 4. The molecule has 114 valence electrons. The summed E-state index contributed by atoms with van der Waals surface area (Å²) in [4.78, 5) is 20.2. The standard InChI is InChI=1S/C16H19N5O/c1-2-8-21(7-1)16-19-10-12(13-11-17-5-6-18-13)15(20-16)14-4-3-9-22-14/h5-6,10-11,14H,1-4,7-9H2/t14-/m1/s1. The Kier molecular flexibility index (Phi) is 3.68. The fraction of sp³-hybridized carbons (Fsp3) is 0.500. The molecule has 0 bridgehead atoms. The molecule has 2 aromatic rings. The second-order valence-electron chi connectivity index (χ2n) is 5.76. The van der Waals surface area contributed by atoms with Gasteiger partial charge in [-0.1, -0.05) is 0 Å². The van der Waals surface area contributed by atoms with Crippen molar-refractivity contribution in [2.45, 2.75) is 31.8 Å². The summed E-state index contributed by atoms with van der Waals surface area (Å²) < 4.78 is 5.86. The summed E-state index contributed by atoms with van der Waals surface area (Å²) in [6.45, 7) is 2.87. The molecule has 0 saturated carbocycles. The summed E-state index contributed by atoms with van der Waals surface area (Å²) in [6.07, 6.45) is 11.6. The molecule has 2 aliphatic heterocycles. The average Bonchev–Trinajstić information content (AvgIpc) is 3.29. The van der Waals surface area contributed by atoms with Crippen molar-refractivity contribution in [3.05, 3.63) is 30.5 Å². The number of hydrogen-bond donors (Lipinski definition) is 0. The van der Waals surface area contributed by atoms with Crippen LogP contribution in [0.5, 0.6) is 0 Å². The second-order valence-corrected chi connectivity index (χ2v) is 5.76. The molecule has 2 aliphatic rings. The van der Waals surface area contributed by atoms with Gasteiger partial charge in [0.15, 0.2) is 0 Å². The van der Waals surface area contributed by atoms with E-state index in [4.69, 9.17) is 9.72 Å². The molecule has 0 aliphatic carbocycles. The normalized spacial score (nSPS) is 21.5. The van der Waals surface area contributed by atoms with Crippen molar-refractivity contribution in [3.8, 4) is 11.3 Å². The van der Waals surface area contributed by atoms with Gasteiger partial charge in [-0.25, -0.2) is 9.97 Å². The Morgan fingerprint density at radius 2 is 1.95 bits per heavy atom. The third kappa shape index (κ3) is 2.54. The lowest BCUT2D eigenvalue weighted by molar-refractivity contribution is 0.109. The molecule has 6 nitrogen and oxygen atoms in total. The SMILES string of the molecule is c1cnc(-c2cnc(N3CCCC3)nc2[C@H]2CCCO2)cn1.